The van der Waals surface area contributed by atoms with Crippen molar-refractivity contribution >= 4 is 29.3 Å². The number of esters is 1. The maximum atomic E-state index is 12.1. The zero-order chi connectivity index (χ0) is 22.8. The Labute approximate surface area is 177 Å². The Morgan fingerprint density at radius 3 is 2.65 bits per heavy atom. The van der Waals surface area contributed by atoms with E-state index in [-0.39, 0.29) is 41.7 Å². The molecule has 0 spiro atoms. The first-order valence-corrected chi connectivity index (χ1v) is 9.02. The molecular formula is C21H19N3O7. The molecule has 0 aliphatic carbocycles. The number of benzene rings is 2. The summed E-state index contributed by atoms with van der Waals surface area (Å²) in [6.07, 6.45) is 1.35. The fourth-order valence-corrected chi connectivity index (χ4v) is 2.44. The predicted octanol–water partition coefficient (Wildman–Crippen LogP) is 3.09. The first kappa shape index (κ1) is 22.9. The molecule has 0 heterocycles. The molecule has 0 unspecified atom stereocenters. The molecule has 0 saturated carbocycles. The van der Waals surface area contributed by atoms with E-state index in [2.05, 4.69) is 5.32 Å². The molecule has 10 nitrogen and oxygen atoms in total. The van der Waals surface area contributed by atoms with Gasteiger partial charge >= 0.3 is 5.97 Å². The van der Waals surface area contributed by atoms with Crippen LogP contribution in [0.4, 0.5) is 11.4 Å². The van der Waals surface area contributed by atoms with Crippen LogP contribution in [-0.4, -0.2) is 37.1 Å². The maximum Gasteiger partial charge on any atom is 0.348 e. The number of rotatable bonds is 9. The molecule has 160 valence electrons. The van der Waals surface area contributed by atoms with Crippen molar-refractivity contribution in [1.82, 2.24) is 0 Å². The van der Waals surface area contributed by atoms with Crippen LogP contribution < -0.4 is 14.8 Å². The lowest BCUT2D eigenvalue weighted by Gasteiger charge is -2.11. The lowest BCUT2D eigenvalue weighted by atomic mass is 10.1. The second-order valence-electron chi connectivity index (χ2n) is 5.94. The minimum Gasteiger partial charge on any atom is -0.493 e. The van der Waals surface area contributed by atoms with E-state index in [9.17, 15) is 19.7 Å². The molecule has 2 aromatic carbocycles. The van der Waals surface area contributed by atoms with Gasteiger partial charge in [0.1, 0.15) is 11.6 Å². The number of nitriles is 1. The summed E-state index contributed by atoms with van der Waals surface area (Å²) in [4.78, 5) is 34.1. The van der Waals surface area contributed by atoms with Gasteiger partial charge < -0.3 is 19.5 Å². The highest BCUT2D eigenvalue weighted by atomic mass is 16.6. The summed E-state index contributed by atoms with van der Waals surface area (Å²) in [5, 5.41) is 22.4. The summed E-state index contributed by atoms with van der Waals surface area (Å²) in [5.74, 6) is -0.732. The fraction of sp³-hybridized carbons (Fsp3) is 0.190. The first-order chi connectivity index (χ1) is 14.9. The number of nitro benzene ring substituents is 1. The van der Waals surface area contributed by atoms with Crippen LogP contribution in [0.2, 0.25) is 0 Å². The smallest absolute Gasteiger partial charge is 0.348 e. The van der Waals surface area contributed by atoms with Gasteiger partial charge in [0.05, 0.1) is 18.6 Å². The third-order valence-electron chi connectivity index (χ3n) is 3.81. The number of amides is 1. The Morgan fingerprint density at radius 1 is 1.23 bits per heavy atom. The Bertz CT molecular complexity index is 1060. The van der Waals surface area contributed by atoms with Crippen molar-refractivity contribution in [3.8, 4) is 17.6 Å². The molecule has 0 radical (unpaired) electrons. The Hall–Kier alpha value is -4.39. The van der Waals surface area contributed by atoms with E-state index in [4.69, 9.17) is 19.5 Å². The van der Waals surface area contributed by atoms with Crippen molar-refractivity contribution < 1.29 is 28.7 Å². The van der Waals surface area contributed by atoms with Crippen LogP contribution in [0.15, 0.2) is 48.0 Å². The molecule has 1 amide bonds. The lowest BCUT2D eigenvalue weighted by molar-refractivity contribution is -0.384. The van der Waals surface area contributed by atoms with Crippen LogP contribution >= 0.6 is 0 Å². The van der Waals surface area contributed by atoms with Crippen LogP contribution in [0.5, 0.6) is 11.5 Å². The van der Waals surface area contributed by atoms with Crippen LogP contribution in [0.1, 0.15) is 12.5 Å². The monoisotopic (exact) mass is 425 g/mol. The number of hydrogen-bond acceptors (Lipinski definition) is 8. The highest BCUT2D eigenvalue weighted by Crippen LogP contribution is 2.29. The largest absolute Gasteiger partial charge is 0.493 e. The number of non-ortho nitro benzene ring substituents is 1. The highest BCUT2D eigenvalue weighted by molar-refractivity contribution is 5.98. The van der Waals surface area contributed by atoms with Gasteiger partial charge in [0.25, 0.3) is 11.6 Å². The SMILES string of the molecule is CCOC(=O)/C(C#N)=C\c1ccc(OCC(=O)Nc2cccc([N+](=O)[O-])c2)c(OC)c1. The normalized spacial score (nSPS) is 10.5. The standard InChI is InChI=1S/C21H19N3O7/c1-3-30-21(26)15(12-22)9-14-7-8-18(19(10-14)29-2)31-13-20(25)23-16-5-4-6-17(11-16)24(27)28/h4-11H,3,13H2,1-2H3,(H,23,25)/b15-9-. The molecular weight excluding hydrogens is 406 g/mol. The van der Waals surface area contributed by atoms with Gasteiger partial charge in [0, 0.05) is 17.8 Å². The summed E-state index contributed by atoms with van der Waals surface area (Å²) in [6, 6.07) is 11.9. The first-order valence-electron chi connectivity index (χ1n) is 9.02. The van der Waals surface area contributed by atoms with Gasteiger partial charge in [0.2, 0.25) is 0 Å². The molecule has 10 heteroatoms. The van der Waals surface area contributed by atoms with E-state index in [0.29, 0.717) is 5.56 Å². The summed E-state index contributed by atoms with van der Waals surface area (Å²) in [6.45, 7) is 1.41. The molecule has 0 saturated heterocycles. The predicted molar refractivity (Wildman–Crippen MR) is 110 cm³/mol. The van der Waals surface area contributed by atoms with Gasteiger partial charge in [-0.15, -0.1) is 0 Å². The number of anilines is 1. The van der Waals surface area contributed by atoms with Gasteiger partial charge in [0.15, 0.2) is 18.1 Å². The van der Waals surface area contributed by atoms with Crippen LogP contribution in [0, 0.1) is 21.4 Å². The Balaban J connectivity index is 2.08. The van der Waals surface area contributed by atoms with Gasteiger partial charge in [-0.25, -0.2) is 4.79 Å². The summed E-state index contributed by atoms with van der Waals surface area (Å²) in [7, 11) is 1.40. The van der Waals surface area contributed by atoms with Gasteiger partial charge in [-0.3, -0.25) is 14.9 Å². The number of nitrogens with zero attached hydrogens (tertiary/aromatic N) is 2. The van der Waals surface area contributed by atoms with Crippen LogP contribution in [-0.2, 0) is 14.3 Å². The highest BCUT2D eigenvalue weighted by Gasteiger charge is 2.13. The molecule has 0 aliphatic heterocycles. The van der Waals surface area contributed by atoms with E-state index in [1.54, 1.807) is 19.1 Å². The third-order valence-corrected chi connectivity index (χ3v) is 3.81. The van der Waals surface area contributed by atoms with Crippen molar-refractivity contribution in [2.45, 2.75) is 6.92 Å². The molecule has 0 bridgehead atoms. The number of hydrogen-bond donors (Lipinski definition) is 1. The minimum absolute atomic E-state index is 0.145. The van der Waals surface area contributed by atoms with Crippen LogP contribution in [0.3, 0.4) is 0 Å². The number of carbonyl (C=O) groups is 2. The molecule has 2 aromatic rings. The molecule has 31 heavy (non-hydrogen) atoms. The van der Waals surface area contributed by atoms with Crippen molar-refractivity contribution in [2.24, 2.45) is 0 Å². The number of nitro groups is 1. The fourth-order valence-electron chi connectivity index (χ4n) is 2.44. The third kappa shape index (κ3) is 6.57. The van der Waals surface area contributed by atoms with Crippen molar-refractivity contribution in [2.75, 3.05) is 25.6 Å². The molecule has 1 N–H and O–H groups in total. The lowest BCUT2D eigenvalue weighted by Crippen LogP contribution is -2.20. The number of ether oxygens (including phenoxy) is 3. The van der Waals surface area contributed by atoms with E-state index in [1.165, 1.54) is 49.6 Å². The average Bonchev–Trinajstić information content (AvgIpc) is 2.76. The zero-order valence-electron chi connectivity index (χ0n) is 16.8. The summed E-state index contributed by atoms with van der Waals surface area (Å²) in [5.41, 5.74) is 0.436. The molecule has 0 aromatic heterocycles. The zero-order valence-corrected chi connectivity index (χ0v) is 16.8. The van der Waals surface area contributed by atoms with E-state index < -0.39 is 16.8 Å². The number of nitrogens with one attached hydrogen (secondary N) is 1. The van der Waals surface area contributed by atoms with E-state index in [1.807, 2.05) is 0 Å². The van der Waals surface area contributed by atoms with E-state index >= 15 is 0 Å². The van der Waals surface area contributed by atoms with E-state index in [0.717, 1.165) is 0 Å². The van der Waals surface area contributed by atoms with Gasteiger partial charge in [-0.1, -0.05) is 12.1 Å². The van der Waals surface area contributed by atoms with Crippen molar-refractivity contribution in [1.29, 1.82) is 5.26 Å². The Kier molecular flexibility index (Phi) is 8.10. The van der Waals surface area contributed by atoms with Gasteiger partial charge in [-0.2, -0.15) is 5.26 Å². The molecule has 2 rings (SSSR count). The Morgan fingerprint density at radius 2 is 2.00 bits per heavy atom. The average molecular weight is 425 g/mol. The molecule has 0 aliphatic rings. The maximum absolute atomic E-state index is 12.1. The topological polar surface area (TPSA) is 141 Å². The number of methoxy groups -OCH3 is 1. The number of carbonyl (C=O) groups excluding carboxylic acids is 2. The second kappa shape index (κ2) is 11.0. The quantitative estimate of drug-likeness (QED) is 0.212. The molecule has 0 fully saturated rings. The van der Waals surface area contributed by atoms with Crippen LogP contribution in [0.25, 0.3) is 6.08 Å². The molecule has 0 atom stereocenters. The minimum atomic E-state index is -0.734. The summed E-state index contributed by atoms with van der Waals surface area (Å²) >= 11 is 0. The van der Waals surface area contributed by atoms with Crippen molar-refractivity contribution in [3.05, 3.63) is 63.7 Å². The van der Waals surface area contributed by atoms with Crippen molar-refractivity contribution in [3.63, 3.8) is 0 Å². The summed E-state index contributed by atoms with van der Waals surface area (Å²) < 4.78 is 15.5. The second-order valence-corrected chi connectivity index (χ2v) is 5.94. The van der Waals surface area contributed by atoms with Gasteiger partial charge in [-0.05, 0) is 36.8 Å².